The highest BCUT2D eigenvalue weighted by Gasteiger charge is 2.40. The molecule has 0 aliphatic heterocycles. The van der Waals surface area contributed by atoms with E-state index >= 15 is 0 Å². The van der Waals surface area contributed by atoms with Crippen LogP contribution in [0.2, 0.25) is 0 Å². The quantitative estimate of drug-likeness (QED) is 0.796. The molecule has 0 aromatic carbocycles. The highest BCUT2D eigenvalue weighted by Crippen LogP contribution is 2.47. The highest BCUT2D eigenvalue weighted by atomic mass is 16.3. The van der Waals surface area contributed by atoms with Crippen molar-refractivity contribution in [3.63, 3.8) is 0 Å². The summed E-state index contributed by atoms with van der Waals surface area (Å²) in [5.74, 6) is 0.574. The Labute approximate surface area is 95.2 Å². The first-order chi connectivity index (χ1) is 7.69. The molecular weight excluding hydrogens is 204 g/mol. The third kappa shape index (κ3) is 2.27. The van der Waals surface area contributed by atoms with Crippen molar-refractivity contribution in [1.29, 1.82) is 0 Å². The van der Waals surface area contributed by atoms with E-state index in [1.165, 1.54) is 19.1 Å². The third-order valence-corrected chi connectivity index (χ3v) is 3.45. The fourth-order valence-electron chi connectivity index (χ4n) is 1.81. The molecule has 4 heteroatoms. The second kappa shape index (κ2) is 4.29. The Morgan fingerprint density at radius 1 is 1.62 bits per heavy atom. The van der Waals surface area contributed by atoms with Crippen LogP contribution >= 0.6 is 0 Å². The lowest BCUT2D eigenvalue weighted by molar-refractivity contribution is 0.0943. The van der Waals surface area contributed by atoms with E-state index in [0.717, 1.165) is 13.0 Å². The molecule has 2 rings (SSSR count). The lowest BCUT2D eigenvalue weighted by atomic mass is 10.0. The van der Waals surface area contributed by atoms with E-state index in [-0.39, 0.29) is 5.91 Å². The molecule has 0 radical (unpaired) electrons. The van der Waals surface area contributed by atoms with Gasteiger partial charge in [0, 0.05) is 6.54 Å². The minimum Gasteiger partial charge on any atom is -0.467 e. The topological polar surface area (TPSA) is 68.3 Å². The number of nitrogens with one attached hydrogen (secondary N) is 1. The predicted molar refractivity (Wildman–Crippen MR) is 60.9 cm³/mol. The average molecular weight is 222 g/mol. The maximum atomic E-state index is 11.8. The molecule has 4 nitrogen and oxygen atoms in total. The van der Waals surface area contributed by atoms with Crippen LogP contribution in [0.4, 0.5) is 0 Å². The van der Waals surface area contributed by atoms with Crippen LogP contribution < -0.4 is 11.1 Å². The summed E-state index contributed by atoms with van der Waals surface area (Å²) in [6, 6.07) is 1.70. The predicted octanol–water partition coefficient (Wildman–Crippen LogP) is 1.66. The average Bonchev–Trinajstić information content (AvgIpc) is 2.94. The van der Waals surface area contributed by atoms with E-state index in [1.807, 2.05) is 0 Å². The van der Waals surface area contributed by atoms with Crippen LogP contribution in [0.3, 0.4) is 0 Å². The second-order valence-electron chi connectivity index (χ2n) is 4.54. The van der Waals surface area contributed by atoms with Gasteiger partial charge in [-0.3, -0.25) is 4.79 Å². The zero-order valence-electron chi connectivity index (χ0n) is 9.58. The maximum Gasteiger partial charge on any atom is 0.254 e. The standard InChI is InChI=1S/C12H18N2O2/c1-2-12(3-4-12)8-14-11(15)9-5-10(6-13)16-7-9/h5,7H,2-4,6,8,13H2,1H3,(H,14,15). The Hall–Kier alpha value is -1.29. The second-order valence-corrected chi connectivity index (χ2v) is 4.54. The molecule has 1 aromatic rings. The van der Waals surface area contributed by atoms with Gasteiger partial charge in [0.15, 0.2) is 0 Å². The number of amides is 1. The Balaban J connectivity index is 1.88. The molecule has 1 amide bonds. The zero-order valence-corrected chi connectivity index (χ0v) is 9.58. The molecule has 1 fully saturated rings. The molecule has 1 saturated carbocycles. The van der Waals surface area contributed by atoms with Gasteiger partial charge in [-0.05, 0) is 30.7 Å². The first kappa shape index (κ1) is 11.2. The van der Waals surface area contributed by atoms with Crippen molar-refractivity contribution < 1.29 is 9.21 Å². The summed E-state index contributed by atoms with van der Waals surface area (Å²) in [6.45, 7) is 3.27. The summed E-state index contributed by atoms with van der Waals surface area (Å²) in [7, 11) is 0. The van der Waals surface area contributed by atoms with Crippen LogP contribution in [-0.4, -0.2) is 12.5 Å². The molecular formula is C12H18N2O2. The normalized spacial score (nSPS) is 17.1. The number of carbonyl (C=O) groups excluding carboxylic acids is 1. The molecule has 0 atom stereocenters. The van der Waals surface area contributed by atoms with E-state index in [4.69, 9.17) is 10.2 Å². The van der Waals surface area contributed by atoms with Gasteiger partial charge in [-0.15, -0.1) is 0 Å². The van der Waals surface area contributed by atoms with Gasteiger partial charge in [-0.25, -0.2) is 0 Å². The van der Waals surface area contributed by atoms with Crippen LogP contribution in [-0.2, 0) is 6.54 Å². The van der Waals surface area contributed by atoms with Gasteiger partial charge in [0.25, 0.3) is 5.91 Å². The smallest absolute Gasteiger partial charge is 0.254 e. The zero-order chi connectivity index (χ0) is 11.6. The lowest BCUT2D eigenvalue weighted by Gasteiger charge is -2.12. The molecule has 16 heavy (non-hydrogen) atoms. The van der Waals surface area contributed by atoms with E-state index in [2.05, 4.69) is 12.2 Å². The van der Waals surface area contributed by atoms with Gasteiger partial charge in [0.1, 0.15) is 12.0 Å². The molecule has 1 heterocycles. The summed E-state index contributed by atoms with van der Waals surface area (Å²) >= 11 is 0. The fraction of sp³-hybridized carbons (Fsp3) is 0.583. The van der Waals surface area contributed by atoms with E-state index < -0.39 is 0 Å². The molecule has 0 spiro atoms. The van der Waals surface area contributed by atoms with Crippen molar-refractivity contribution >= 4 is 5.91 Å². The van der Waals surface area contributed by atoms with Crippen molar-refractivity contribution in [3.8, 4) is 0 Å². The molecule has 0 saturated heterocycles. The molecule has 88 valence electrons. The number of carbonyl (C=O) groups is 1. The summed E-state index contributed by atoms with van der Waals surface area (Å²) in [5, 5.41) is 2.95. The maximum absolute atomic E-state index is 11.8. The van der Waals surface area contributed by atoms with Gasteiger partial charge >= 0.3 is 0 Å². The monoisotopic (exact) mass is 222 g/mol. The van der Waals surface area contributed by atoms with Gasteiger partial charge in [0.05, 0.1) is 12.1 Å². The van der Waals surface area contributed by atoms with E-state index in [9.17, 15) is 4.79 Å². The fourth-order valence-corrected chi connectivity index (χ4v) is 1.81. The first-order valence-electron chi connectivity index (χ1n) is 5.75. The van der Waals surface area contributed by atoms with Crippen molar-refractivity contribution in [2.45, 2.75) is 32.7 Å². The summed E-state index contributed by atoms with van der Waals surface area (Å²) in [6.07, 6.45) is 5.04. The Morgan fingerprint density at radius 2 is 2.38 bits per heavy atom. The van der Waals surface area contributed by atoms with Gasteiger partial charge in [0.2, 0.25) is 0 Å². The van der Waals surface area contributed by atoms with Crippen molar-refractivity contribution in [1.82, 2.24) is 5.32 Å². The summed E-state index contributed by atoms with van der Waals surface area (Å²) < 4.78 is 5.12. The minimum absolute atomic E-state index is 0.0665. The SMILES string of the molecule is CCC1(CNC(=O)c2coc(CN)c2)CC1. The van der Waals surface area contributed by atoms with E-state index in [0.29, 0.717) is 23.3 Å². The van der Waals surface area contributed by atoms with Gasteiger partial charge in [-0.2, -0.15) is 0 Å². The van der Waals surface area contributed by atoms with Crippen LogP contribution in [0.25, 0.3) is 0 Å². The Morgan fingerprint density at radius 3 is 2.88 bits per heavy atom. The molecule has 1 aliphatic carbocycles. The van der Waals surface area contributed by atoms with Crippen molar-refractivity contribution in [3.05, 3.63) is 23.7 Å². The number of hydrogen-bond donors (Lipinski definition) is 2. The van der Waals surface area contributed by atoms with Crippen LogP contribution in [0.15, 0.2) is 16.7 Å². The number of furan rings is 1. The van der Waals surface area contributed by atoms with Crippen LogP contribution in [0, 0.1) is 5.41 Å². The van der Waals surface area contributed by atoms with E-state index in [1.54, 1.807) is 6.07 Å². The van der Waals surface area contributed by atoms with Crippen molar-refractivity contribution in [2.75, 3.05) is 6.54 Å². The molecule has 1 aromatic heterocycles. The third-order valence-electron chi connectivity index (χ3n) is 3.45. The first-order valence-corrected chi connectivity index (χ1v) is 5.75. The number of hydrogen-bond acceptors (Lipinski definition) is 3. The Bertz CT molecular complexity index is 380. The highest BCUT2D eigenvalue weighted by molar-refractivity contribution is 5.94. The molecule has 1 aliphatic rings. The number of rotatable bonds is 5. The lowest BCUT2D eigenvalue weighted by Crippen LogP contribution is -2.29. The molecule has 3 N–H and O–H groups in total. The Kier molecular flexibility index (Phi) is 3.01. The molecule has 0 unspecified atom stereocenters. The summed E-state index contributed by atoms with van der Waals surface area (Å²) in [5.41, 5.74) is 6.35. The number of nitrogens with two attached hydrogens (primary N) is 1. The summed E-state index contributed by atoms with van der Waals surface area (Å²) in [4.78, 5) is 11.8. The minimum atomic E-state index is -0.0665. The van der Waals surface area contributed by atoms with Crippen LogP contribution in [0.5, 0.6) is 0 Å². The largest absolute Gasteiger partial charge is 0.467 e. The van der Waals surface area contributed by atoms with Crippen LogP contribution in [0.1, 0.15) is 42.3 Å². The van der Waals surface area contributed by atoms with Crippen molar-refractivity contribution in [2.24, 2.45) is 11.1 Å². The van der Waals surface area contributed by atoms with Gasteiger partial charge < -0.3 is 15.5 Å². The molecule has 0 bridgehead atoms. The van der Waals surface area contributed by atoms with Gasteiger partial charge in [-0.1, -0.05) is 6.92 Å².